The normalized spacial score (nSPS) is 27.6. The smallest absolute Gasteiger partial charge is 0.155 e. The molecule has 0 aliphatic heterocycles. The molecule has 2 atom stereocenters. The van der Waals surface area contributed by atoms with E-state index in [0.717, 1.165) is 32.1 Å². The first-order valence-corrected chi connectivity index (χ1v) is 6.74. The average Bonchev–Trinajstić information content (AvgIpc) is 2.39. The molecule has 3 rings (SSSR count). The summed E-state index contributed by atoms with van der Waals surface area (Å²) in [5.41, 5.74) is 2.70. The monoisotopic (exact) mass is 242 g/mol. The van der Waals surface area contributed by atoms with Crippen LogP contribution < -0.4 is 0 Å². The molecule has 2 aliphatic carbocycles. The van der Waals surface area contributed by atoms with Crippen molar-refractivity contribution in [1.29, 1.82) is 0 Å². The molecule has 1 fully saturated rings. The Bertz CT molecular complexity index is 484. The highest BCUT2D eigenvalue weighted by atomic mass is 16.3. The lowest BCUT2D eigenvalue weighted by Gasteiger charge is -2.33. The van der Waals surface area contributed by atoms with E-state index in [1.807, 2.05) is 18.2 Å². The lowest BCUT2D eigenvalue weighted by molar-refractivity contribution is -0.115. The molecule has 0 aromatic heterocycles. The molecule has 1 saturated carbocycles. The highest BCUT2D eigenvalue weighted by Crippen LogP contribution is 2.43. The first-order chi connectivity index (χ1) is 8.72. The van der Waals surface area contributed by atoms with E-state index in [1.54, 1.807) is 12.1 Å². The van der Waals surface area contributed by atoms with Gasteiger partial charge in [0, 0.05) is 6.42 Å². The van der Waals surface area contributed by atoms with Gasteiger partial charge in [-0.05, 0) is 61.3 Å². The number of phenols is 1. The fourth-order valence-corrected chi connectivity index (χ4v) is 3.30. The summed E-state index contributed by atoms with van der Waals surface area (Å²) in [6, 6.07) is 7.60. The SMILES string of the molecule is O=C1C=C2CC[C@@H](c3ccc(O)cc3)C[C@H]2CC1. The Morgan fingerprint density at radius 2 is 1.72 bits per heavy atom. The maximum atomic E-state index is 11.4. The van der Waals surface area contributed by atoms with Crippen LogP contribution in [0.1, 0.15) is 43.6 Å². The summed E-state index contributed by atoms with van der Waals surface area (Å²) in [5, 5.41) is 9.33. The summed E-state index contributed by atoms with van der Waals surface area (Å²) >= 11 is 0. The third-order valence-corrected chi connectivity index (χ3v) is 4.32. The minimum atomic E-state index is 0.310. The Morgan fingerprint density at radius 3 is 2.50 bits per heavy atom. The van der Waals surface area contributed by atoms with Gasteiger partial charge in [0.15, 0.2) is 5.78 Å². The van der Waals surface area contributed by atoms with Crippen LogP contribution in [0.4, 0.5) is 0 Å². The number of hydrogen-bond acceptors (Lipinski definition) is 2. The first-order valence-electron chi connectivity index (χ1n) is 6.74. The van der Waals surface area contributed by atoms with Crippen molar-refractivity contribution in [2.24, 2.45) is 5.92 Å². The van der Waals surface area contributed by atoms with Gasteiger partial charge < -0.3 is 5.11 Å². The van der Waals surface area contributed by atoms with Crippen molar-refractivity contribution in [3.8, 4) is 5.75 Å². The second-order valence-electron chi connectivity index (χ2n) is 5.48. The van der Waals surface area contributed by atoms with Crippen LogP contribution in [0.15, 0.2) is 35.9 Å². The zero-order valence-electron chi connectivity index (χ0n) is 10.4. The van der Waals surface area contributed by atoms with E-state index < -0.39 is 0 Å². The van der Waals surface area contributed by atoms with Gasteiger partial charge in [-0.15, -0.1) is 0 Å². The van der Waals surface area contributed by atoms with Crippen molar-refractivity contribution in [2.45, 2.75) is 38.0 Å². The maximum Gasteiger partial charge on any atom is 0.155 e. The summed E-state index contributed by atoms with van der Waals surface area (Å²) in [7, 11) is 0. The number of carbonyl (C=O) groups excluding carboxylic acids is 1. The van der Waals surface area contributed by atoms with Crippen LogP contribution in [0.25, 0.3) is 0 Å². The zero-order chi connectivity index (χ0) is 12.5. The van der Waals surface area contributed by atoms with E-state index in [1.165, 1.54) is 11.1 Å². The summed E-state index contributed by atoms with van der Waals surface area (Å²) in [6.45, 7) is 0. The highest BCUT2D eigenvalue weighted by molar-refractivity contribution is 5.91. The molecule has 94 valence electrons. The fraction of sp³-hybridized carbons (Fsp3) is 0.438. The van der Waals surface area contributed by atoms with Crippen molar-refractivity contribution in [1.82, 2.24) is 0 Å². The molecule has 0 amide bonds. The minimum absolute atomic E-state index is 0.310. The Labute approximate surface area is 107 Å². The maximum absolute atomic E-state index is 11.4. The molecule has 0 radical (unpaired) electrons. The summed E-state index contributed by atoms with van der Waals surface area (Å²) in [6.07, 6.45) is 6.98. The van der Waals surface area contributed by atoms with Crippen LogP contribution in [-0.2, 0) is 4.79 Å². The first kappa shape index (κ1) is 11.5. The van der Waals surface area contributed by atoms with Crippen LogP contribution in [0.3, 0.4) is 0 Å². The van der Waals surface area contributed by atoms with E-state index in [9.17, 15) is 9.90 Å². The molecule has 0 heterocycles. The number of benzene rings is 1. The van der Waals surface area contributed by atoms with Gasteiger partial charge in [-0.2, -0.15) is 0 Å². The highest BCUT2D eigenvalue weighted by Gasteiger charge is 2.29. The van der Waals surface area contributed by atoms with E-state index in [0.29, 0.717) is 23.4 Å². The van der Waals surface area contributed by atoms with Crippen LogP contribution >= 0.6 is 0 Å². The second kappa shape index (κ2) is 4.60. The van der Waals surface area contributed by atoms with Crippen molar-refractivity contribution < 1.29 is 9.90 Å². The molecule has 18 heavy (non-hydrogen) atoms. The molecule has 1 N–H and O–H groups in total. The molecule has 0 spiro atoms. The average molecular weight is 242 g/mol. The predicted octanol–water partition coefficient (Wildman–Crippen LogP) is 3.57. The van der Waals surface area contributed by atoms with Gasteiger partial charge in [0.2, 0.25) is 0 Å². The van der Waals surface area contributed by atoms with Crippen molar-refractivity contribution in [3.63, 3.8) is 0 Å². The number of aromatic hydroxyl groups is 1. The minimum Gasteiger partial charge on any atom is -0.508 e. The Kier molecular flexibility index (Phi) is 2.94. The number of fused-ring (bicyclic) bond motifs is 1. The number of rotatable bonds is 1. The van der Waals surface area contributed by atoms with E-state index in [-0.39, 0.29) is 0 Å². The number of hydrogen-bond donors (Lipinski definition) is 1. The molecular formula is C16H18O2. The second-order valence-corrected chi connectivity index (χ2v) is 5.48. The number of carbonyl (C=O) groups is 1. The number of allylic oxidation sites excluding steroid dienone is 2. The Morgan fingerprint density at radius 1 is 1.00 bits per heavy atom. The van der Waals surface area contributed by atoms with Gasteiger partial charge in [0.25, 0.3) is 0 Å². The van der Waals surface area contributed by atoms with Gasteiger partial charge in [0.1, 0.15) is 5.75 Å². The van der Waals surface area contributed by atoms with Crippen LogP contribution in [-0.4, -0.2) is 10.9 Å². The van der Waals surface area contributed by atoms with E-state index in [2.05, 4.69) is 0 Å². The largest absolute Gasteiger partial charge is 0.508 e. The predicted molar refractivity (Wildman–Crippen MR) is 70.5 cm³/mol. The van der Waals surface area contributed by atoms with Crippen LogP contribution in [0, 0.1) is 5.92 Å². The van der Waals surface area contributed by atoms with Crippen LogP contribution in [0.2, 0.25) is 0 Å². The summed E-state index contributed by atoms with van der Waals surface area (Å²) < 4.78 is 0. The van der Waals surface area contributed by atoms with Gasteiger partial charge in [-0.25, -0.2) is 0 Å². The fourth-order valence-electron chi connectivity index (χ4n) is 3.30. The molecule has 0 bridgehead atoms. The standard InChI is InChI=1S/C16H18O2/c17-15-6-3-11(4-7-15)12-1-2-14-10-16(18)8-5-13(14)9-12/h3-4,6-7,10,12-13,17H,1-2,5,8-9H2/t12-,13-/m1/s1. The van der Waals surface area contributed by atoms with E-state index >= 15 is 0 Å². The van der Waals surface area contributed by atoms with Crippen LogP contribution in [0.5, 0.6) is 5.75 Å². The van der Waals surface area contributed by atoms with Gasteiger partial charge in [0.05, 0.1) is 0 Å². The van der Waals surface area contributed by atoms with Crippen molar-refractivity contribution >= 4 is 5.78 Å². The number of phenolic OH excluding ortho intramolecular Hbond substituents is 1. The van der Waals surface area contributed by atoms with Crippen molar-refractivity contribution in [3.05, 3.63) is 41.5 Å². The molecule has 2 nitrogen and oxygen atoms in total. The molecule has 2 heteroatoms. The van der Waals surface area contributed by atoms with Gasteiger partial charge >= 0.3 is 0 Å². The third-order valence-electron chi connectivity index (χ3n) is 4.32. The Balaban J connectivity index is 1.77. The molecule has 1 aromatic rings. The summed E-state index contributed by atoms with van der Waals surface area (Å²) in [4.78, 5) is 11.4. The van der Waals surface area contributed by atoms with Gasteiger partial charge in [-0.1, -0.05) is 17.7 Å². The third kappa shape index (κ3) is 2.20. The molecule has 0 saturated heterocycles. The zero-order valence-corrected chi connectivity index (χ0v) is 10.4. The number of ketones is 1. The Hall–Kier alpha value is -1.57. The van der Waals surface area contributed by atoms with Crippen molar-refractivity contribution in [2.75, 3.05) is 0 Å². The quantitative estimate of drug-likeness (QED) is 0.817. The van der Waals surface area contributed by atoms with Gasteiger partial charge in [-0.3, -0.25) is 4.79 Å². The lowest BCUT2D eigenvalue weighted by Crippen LogP contribution is -2.21. The molecule has 2 aliphatic rings. The molecule has 1 aromatic carbocycles. The topological polar surface area (TPSA) is 37.3 Å². The van der Waals surface area contributed by atoms with E-state index in [4.69, 9.17) is 0 Å². The molecular weight excluding hydrogens is 224 g/mol. The lowest BCUT2D eigenvalue weighted by atomic mass is 9.71. The molecule has 0 unspecified atom stereocenters. The summed E-state index contributed by atoms with van der Waals surface area (Å²) in [5.74, 6) is 1.83.